The molecule has 2 aliphatic rings. The van der Waals surface area contributed by atoms with Crippen LogP contribution in [0, 0.1) is 0 Å². The third-order valence-electron chi connectivity index (χ3n) is 2.90. The van der Waals surface area contributed by atoms with Crippen LogP contribution >= 0.6 is 0 Å². The first-order chi connectivity index (χ1) is 7.99. The normalized spacial score (nSPS) is 40.6. The Hall–Kier alpha value is -0.690. The van der Waals surface area contributed by atoms with Crippen molar-refractivity contribution in [1.82, 2.24) is 5.32 Å². The lowest BCUT2D eigenvalue weighted by Gasteiger charge is -2.39. The van der Waals surface area contributed by atoms with Crippen molar-refractivity contribution in [3.63, 3.8) is 0 Å². The maximum absolute atomic E-state index is 11.2. The fourth-order valence-corrected chi connectivity index (χ4v) is 2.25. The lowest BCUT2D eigenvalue weighted by Crippen LogP contribution is -2.61. The highest BCUT2D eigenvalue weighted by Gasteiger charge is 2.51. The van der Waals surface area contributed by atoms with Gasteiger partial charge in [-0.25, -0.2) is 0 Å². The van der Waals surface area contributed by atoms with Crippen molar-refractivity contribution < 1.29 is 24.1 Å². The molecule has 0 aromatic heterocycles. The lowest BCUT2D eigenvalue weighted by atomic mass is 9.98. The summed E-state index contributed by atoms with van der Waals surface area (Å²) in [5.41, 5.74) is 0. The first-order valence-electron chi connectivity index (χ1n) is 5.86. The minimum atomic E-state index is -0.784. The molecule has 2 rings (SSSR count). The van der Waals surface area contributed by atoms with Gasteiger partial charge < -0.3 is 24.6 Å². The maximum Gasteiger partial charge on any atom is 0.217 e. The van der Waals surface area contributed by atoms with E-state index in [2.05, 4.69) is 5.32 Å². The molecule has 2 fully saturated rings. The zero-order valence-electron chi connectivity index (χ0n) is 10.3. The number of carbonyl (C=O) groups is 1. The second kappa shape index (κ2) is 4.89. The quantitative estimate of drug-likeness (QED) is 0.694. The smallest absolute Gasteiger partial charge is 0.217 e. The number of nitrogens with one attached hydrogen (secondary N) is 1. The molecule has 5 atom stereocenters. The van der Waals surface area contributed by atoms with Crippen molar-refractivity contribution in [1.29, 1.82) is 0 Å². The molecule has 0 aromatic rings. The third kappa shape index (κ3) is 2.60. The van der Waals surface area contributed by atoms with Crippen molar-refractivity contribution in [3.8, 4) is 0 Å². The number of ether oxygens (including phenoxy) is 3. The number of aliphatic hydroxyl groups excluding tert-OH is 1. The molecule has 17 heavy (non-hydrogen) atoms. The van der Waals surface area contributed by atoms with E-state index in [1.54, 1.807) is 0 Å². The van der Waals surface area contributed by atoms with Crippen molar-refractivity contribution in [2.24, 2.45) is 0 Å². The molecule has 2 unspecified atom stereocenters. The zero-order chi connectivity index (χ0) is 12.6. The predicted molar refractivity (Wildman–Crippen MR) is 58.2 cm³/mol. The summed E-state index contributed by atoms with van der Waals surface area (Å²) in [6.07, 6.45) is -2.22. The Labute approximate surface area is 100 Å². The van der Waals surface area contributed by atoms with Crippen LogP contribution in [0.15, 0.2) is 0 Å². The number of fused-ring (bicyclic) bond motifs is 2. The van der Waals surface area contributed by atoms with Gasteiger partial charge >= 0.3 is 0 Å². The van der Waals surface area contributed by atoms with Gasteiger partial charge in [0.1, 0.15) is 24.4 Å². The molecule has 2 heterocycles. The highest BCUT2D eigenvalue weighted by molar-refractivity contribution is 5.73. The summed E-state index contributed by atoms with van der Waals surface area (Å²) in [7, 11) is 0. The van der Waals surface area contributed by atoms with E-state index in [0.29, 0.717) is 6.61 Å². The average molecular weight is 245 g/mol. The summed E-state index contributed by atoms with van der Waals surface area (Å²) in [4.78, 5) is 11.2. The van der Waals surface area contributed by atoms with Crippen LogP contribution in [0.1, 0.15) is 20.8 Å². The first kappa shape index (κ1) is 12.8. The SMILES string of the molecule is CC(=O)NC1[C@@H]2OCC(O2)[C@@H](O)[C@H]1OC(C)C. The van der Waals surface area contributed by atoms with Gasteiger partial charge in [-0.15, -0.1) is 0 Å². The van der Waals surface area contributed by atoms with Gasteiger partial charge in [0, 0.05) is 6.92 Å². The van der Waals surface area contributed by atoms with Crippen molar-refractivity contribution in [2.45, 2.75) is 57.5 Å². The van der Waals surface area contributed by atoms with Crippen LogP contribution in [-0.2, 0) is 19.0 Å². The Morgan fingerprint density at radius 3 is 2.82 bits per heavy atom. The van der Waals surface area contributed by atoms with E-state index in [4.69, 9.17) is 14.2 Å². The molecule has 6 nitrogen and oxygen atoms in total. The van der Waals surface area contributed by atoms with Gasteiger partial charge in [0.15, 0.2) is 6.29 Å². The zero-order valence-corrected chi connectivity index (χ0v) is 10.3. The minimum absolute atomic E-state index is 0.0385. The molecule has 2 bridgehead atoms. The summed E-state index contributed by atoms with van der Waals surface area (Å²) in [5.74, 6) is -0.197. The van der Waals surface area contributed by atoms with Gasteiger partial charge in [0.05, 0.1) is 12.7 Å². The van der Waals surface area contributed by atoms with Gasteiger partial charge in [-0.2, -0.15) is 0 Å². The van der Waals surface area contributed by atoms with Crippen LogP contribution in [0.2, 0.25) is 0 Å². The number of rotatable bonds is 3. The number of aliphatic hydroxyl groups is 1. The highest BCUT2D eigenvalue weighted by Crippen LogP contribution is 2.30. The molecule has 2 aliphatic heterocycles. The van der Waals surface area contributed by atoms with Gasteiger partial charge in [0.2, 0.25) is 5.91 Å². The molecule has 6 heteroatoms. The number of hydrogen-bond acceptors (Lipinski definition) is 5. The number of amides is 1. The Morgan fingerprint density at radius 2 is 2.24 bits per heavy atom. The van der Waals surface area contributed by atoms with E-state index in [0.717, 1.165) is 0 Å². The van der Waals surface area contributed by atoms with Crippen LogP contribution < -0.4 is 5.32 Å². The van der Waals surface area contributed by atoms with Gasteiger partial charge in [-0.3, -0.25) is 4.79 Å². The van der Waals surface area contributed by atoms with Gasteiger partial charge in [-0.1, -0.05) is 0 Å². The molecule has 0 radical (unpaired) electrons. The van der Waals surface area contributed by atoms with E-state index in [-0.39, 0.29) is 18.1 Å². The van der Waals surface area contributed by atoms with E-state index in [1.165, 1.54) is 6.92 Å². The van der Waals surface area contributed by atoms with Crippen molar-refractivity contribution in [2.75, 3.05) is 6.61 Å². The van der Waals surface area contributed by atoms with Crippen LogP contribution in [-0.4, -0.2) is 54.4 Å². The molecular weight excluding hydrogens is 226 g/mol. The van der Waals surface area contributed by atoms with Crippen molar-refractivity contribution in [3.05, 3.63) is 0 Å². The second-order valence-electron chi connectivity index (χ2n) is 4.74. The second-order valence-corrected chi connectivity index (χ2v) is 4.74. The summed E-state index contributed by atoms with van der Waals surface area (Å²) in [6.45, 7) is 5.52. The number of carbonyl (C=O) groups excluding carboxylic acids is 1. The van der Waals surface area contributed by atoms with Crippen molar-refractivity contribution >= 4 is 5.91 Å². The molecule has 2 N–H and O–H groups in total. The summed E-state index contributed by atoms with van der Waals surface area (Å²) < 4.78 is 16.5. The van der Waals surface area contributed by atoms with E-state index in [1.807, 2.05) is 13.8 Å². The Kier molecular flexibility index (Phi) is 3.67. The Balaban J connectivity index is 2.14. The lowest BCUT2D eigenvalue weighted by molar-refractivity contribution is -0.207. The largest absolute Gasteiger partial charge is 0.388 e. The van der Waals surface area contributed by atoms with E-state index in [9.17, 15) is 9.90 Å². The monoisotopic (exact) mass is 245 g/mol. The molecular formula is C11H19NO5. The third-order valence-corrected chi connectivity index (χ3v) is 2.90. The Bertz CT molecular complexity index is 296. The van der Waals surface area contributed by atoms with Crippen LogP contribution in [0.4, 0.5) is 0 Å². The fourth-order valence-electron chi connectivity index (χ4n) is 2.25. The fraction of sp³-hybridized carbons (Fsp3) is 0.909. The highest BCUT2D eigenvalue weighted by atomic mass is 16.7. The molecule has 0 aliphatic carbocycles. The molecule has 1 amide bonds. The molecule has 98 valence electrons. The summed E-state index contributed by atoms with van der Waals surface area (Å²) >= 11 is 0. The van der Waals surface area contributed by atoms with Gasteiger partial charge in [0.25, 0.3) is 0 Å². The van der Waals surface area contributed by atoms with E-state index >= 15 is 0 Å². The molecule has 0 saturated carbocycles. The Morgan fingerprint density at radius 1 is 1.53 bits per heavy atom. The maximum atomic E-state index is 11.2. The molecule has 0 aromatic carbocycles. The minimum Gasteiger partial charge on any atom is -0.388 e. The van der Waals surface area contributed by atoms with Crippen LogP contribution in [0.25, 0.3) is 0 Å². The van der Waals surface area contributed by atoms with Crippen LogP contribution in [0.3, 0.4) is 0 Å². The molecule has 0 spiro atoms. The summed E-state index contributed by atoms with van der Waals surface area (Å²) in [6, 6.07) is -0.469. The first-order valence-corrected chi connectivity index (χ1v) is 5.86. The van der Waals surface area contributed by atoms with Gasteiger partial charge in [-0.05, 0) is 13.8 Å². The topological polar surface area (TPSA) is 77.0 Å². The summed E-state index contributed by atoms with van der Waals surface area (Å²) in [5, 5.41) is 12.8. The standard InChI is InChI=1S/C11H19NO5/c1-5(2)16-10-8(12-6(3)13)11-15-4-7(17-11)9(10)14/h5,7-11,14H,4H2,1-3H3,(H,12,13)/t7?,8?,9-,10+,11-/m1/s1. The predicted octanol–water partition coefficient (Wildman–Crippen LogP) is -0.599. The number of hydrogen-bond donors (Lipinski definition) is 2. The van der Waals surface area contributed by atoms with E-state index < -0.39 is 24.5 Å². The van der Waals surface area contributed by atoms with Crippen LogP contribution in [0.5, 0.6) is 0 Å². The average Bonchev–Trinajstić information content (AvgIpc) is 2.65. The molecule has 2 saturated heterocycles.